The van der Waals surface area contributed by atoms with Crippen LogP contribution in [-0.2, 0) is 20.6 Å². The van der Waals surface area contributed by atoms with Crippen molar-refractivity contribution < 1.29 is 28.7 Å². The molecule has 1 heterocycles. The lowest BCUT2D eigenvalue weighted by atomic mass is 9.78. The van der Waals surface area contributed by atoms with Gasteiger partial charge in [-0.05, 0) is 52.3 Å². The molecule has 0 atom stereocenters. The molecule has 0 unspecified atom stereocenters. The summed E-state index contributed by atoms with van der Waals surface area (Å²) in [7, 11) is 4.34. The fourth-order valence-corrected chi connectivity index (χ4v) is 2.83. The summed E-state index contributed by atoms with van der Waals surface area (Å²) in [5.74, 6) is 0.317. The molecule has 1 fully saturated rings. The lowest BCUT2D eigenvalue weighted by Gasteiger charge is -2.32. The van der Waals surface area contributed by atoms with Crippen LogP contribution in [0.4, 0.5) is 0 Å². The molecule has 7 nitrogen and oxygen atoms in total. The van der Waals surface area contributed by atoms with E-state index in [1.165, 1.54) is 0 Å². The normalized spacial score (nSPS) is 18.2. The Labute approximate surface area is 155 Å². The first-order valence-corrected chi connectivity index (χ1v) is 8.51. The fourth-order valence-electron chi connectivity index (χ4n) is 2.83. The predicted molar refractivity (Wildman–Crippen MR) is 99.2 cm³/mol. The molecule has 0 aliphatic carbocycles. The summed E-state index contributed by atoms with van der Waals surface area (Å²) in [6.45, 7) is 8.29. The van der Waals surface area contributed by atoms with E-state index in [4.69, 9.17) is 23.9 Å². The van der Waals surface area contributed by atoms with E-state index in [-0.39, 0.29) is 6.54 Å². The van der Waals surface area contributed by atoms with Gasteiger partial charge in [0, 0.05) is 6.54 Å². The molecule has 0 bridgehead atoms. The van der Waals surface area contributed by atoms with Crippen LogP contribution in [0.1, 0.15) is 33.3 Å². The maximum absolute atomic E-state index is 10.9. The second-order valence-corrected chi connectivity index (χ2v) is 7.56. The second kappa shape index (κ2) is 7.46. The van der Waals surface area contributed by atoms with E-state index in [2.05, 4.69) is 0 Å². The van der Waals surface area contributed by atoms with Crippen LogP contribution in [-0.4, -0.2) is 62.1 Å². The van der Waals surface area contributed by atoms with Gasteiger partial charge < -0.3 is 23.9 Å². The molecule has 1 aromatic carbocycles. The van der Waals surface area contributed by atoms with Crippen molar-refractivity contribution in [3.63, 3.8) is 0 Å². The van der Waals surface area contributed by atoms with Crippen LogP contribution in [0.3, 0.4) is 0 Å². The highest BCUT2D eigenvalue weighted by Crippen LogP contribution is 2.37. The van der Waals surface area contributed by atoms with E-state index in [1.807, 2.05) is 39.8 Å². The Morgan fingerprint density at radius 1 is 1.12 bits per heavy atom. The highest BCUT2D eigenvalue weighted by molar-refractivity contribution is 6.62. The zero-order valence-electron chi connectivity index (χ0n) is 16.6. The highest BCUT2D eigenvalue weighted by Gasteiger charge is 2.52. The number of methoxy groups -OCH3 is 2. The van der Waals surface area contributed by atoms with Crippen LogP contribution in [0.2, 0.25) is 0 Å². The molecule has 0 saturated carbocycles. The monoisotopic (exact) mass is 365 g/mol. The smallest absolute Gasteiger partial charge is 0.495 e. The Bertz CT molecular complexity index is 635. The molecular formula is C18H28BNO6. The Hall–Kier alpha value is -1.77. The van der Waals surface area contributed by atoms with E-state index >= 15 is 0 Å². The molecular weight excluding hydrogens is 337 g/mol. The molecule has 1 aliphatic rings. The minimum Gasteiger partial charge on any atom is -0.496 e. The first kappa shape index (κ1) is 20.5. The molecule has 1 aliphatic heterocycles. The number of ether oxygens (including phenoxy) is 2. The number of hydrogen-bond acceptors (Lipinski definition) is 6. The van der Waals surface area contributed by atoms with E-state index in [0.29, 0.717) is 18.0 Å². The third-order valence-electron chi connectivity index (χ3n) is 4.99. The van der Waals surface area contributed by atoms with Crippen LogP contribution in [0, 0.1) is 0 Å². The minimum absolute atomic E-state index is 0.0781. The van der Waals surface area contributed by atoms with Crippen LogP contribution in [0.25, 0.3) is 0 Å². The first-order valence-electron chi connectivity index (χ1n) is 8.51. The summed E-state index contributed by atoms with van der Waals surface area (Å²) in [6, 6.07) is 3.71. The van der Waals surface area contributed by atoms with Crippen molar-refractivity contribution in [3.05, 3.63) is 17.7 Å². The molecule has 26 heavy (non-hydrogen) atoms. The van der Waals surface area contributed by atoms with Gasteiger partial charge in [-0.15, -0.1) is 0 Å². The number of aliphatic carboxylic acids is 1. The standard InChI is InChI=1S/C18H28BNO6/c1-17(2)18(3,4)26-19(25-17)12-8-14(23-6)13(15(9-12)24-7)10-20(5)11-16(21)22/h8-9H,10-11H2,1-7H3,(H,21,22). The van der Waals surface area contributed by atoms with Gasteiger partial charge in [0.05, 0.1) is 37.5 Å². The number of benzene rings is 1. The average molecular weight is 365 g/mol. The SMILES string of the molecule is COc1cc(B2OC(C)(C)C(C)(C)O2)cc(OC)c1CN(C)CC(=O)O. The highest BCUT2D eigenvalue weighted by atomic mass is 16.7. The van der Waals surface area contributed by atoms with Gasteiger partial charge >= 0.3 is 13.1 Å². The summed E-state index contributed by atoms with van der Waals surface area (Å²) >= 11 is 0. The molecule has 0 aromatic heterocycles. The van der Waals surface area contributed by atoms with Crippen molar-refractivity contribution in [2.45, 2.75) is 45.4 Å². The van der Waals surface area contributed by atoms with Crippen molar-refractivity contribution in [1.29, 1.82) is 0 Å². The third-order valence-corrected chi connectivity index (χ3v) is 4.99. The molecule has 0 spiro atoms. The number of likely N-dealkylation sites (N-methyl/N-ethyl adjacent to an activating group) is 1. The Morgan fingerprint density at radius 3 is 1.96 bits per heavy atom. The van der Waals surface area contributed by atoms with Crippen molar-refractivity contribution in [1.82, 2.24) is 4.90 Å². The molecule has 1 N–H and O–H groups in total. The average Bonchev–Trinajstić information content (AvgIpc) is 2.74. The van der Waals surface area contributed by atoms with Crippen molar-refractivity contribution in [2.24, 2.45) is 0 Å². The second-order valence-electron chi connectivity index (χ2n) is 7.56. The van der Waals surface area contributed by atoms with Crippen molar-refractivity contribution in [2.75, 3.05) is 27.8 Å². The van der Waals surface area contributed by atoms with Gasteiger partial charge in [0.25, 0.3) is 0 Å². The van der Waals surface area contributed by atoms with Crippen LogP contribution in [0.5, 0.6) is 11.5 Å². The number of carboxylic acid groups (broad SMARTS) is 1. The Morgan fingerprint density at radius 2 is 1.58 bits per heavy atom. The molecule has 1 saturated heterocycles. The van der Waals surface area contributed by atoms with Gasteiger partial charge in [0.2, 0.25) is 0 Å². The summed E-state index contributed by atoms with van der Waals surface area (Å²) in [5.41, 5.74) is 0.679. The van der Waals surface area contributed by atoms with Crippen molar-refractivity contribution >= 4 is 18.6 Å². The molecule has 2 rings (SSSR count). The van der Waals surface area contributed by atoms with Crippen molar-refractivity contribution in [3.8, 4) is 11.5 Å². The van der Waals surface area contributed by atoms with E-state index in [9.17, 15) is 4.79 Å². The van der Waals surface area contributed by atoms with Gasteiger partial charge in [-0.1, -0.05) is 0 Å². The van der Waals surface area contributed by atoms with Gasteiger partial charge in [0.15, 0.2) is 0 Å². The van der Waals surface area contributed by atoms with Gasteiger partial charge in [0.1, 0.15) is 11.5 Å². The zero-order valence-corrected chi connectivity index (χ0v) is 16.6. The maximum atomic E-state index is 10.9. The van der Waals surface area contributed by atoms with Gasteiger partial charge in [-0.3, -0.25) is 9.69 Å². The first-order chi connectivity index (χ1) is 12.0. The van der Waals surface area contributed by atoms with Crippen LogP contribution >= 0.6 is 0 Å². The van der Waals surface area contributed by atoms with Crippen LogP contribution < -0.4 is 14.9 Å². The molecule has 1 aromatic rings. The molecule has 0 amide bonds. The lowest BCUT2D eigenvalue weighted by Crippen LogP contribution is -2.41. The third kappa shape index (κ3) is 4.14. The number of carboxylic acids is 1. The molecule has 0 radical (unpaired) electrons. The fraction of sp³-hybridized carbons (Fsp3) is 0.611. The predicted octanol–water partition coefficient (Wildman–Crippen LogP) is 1.52. The summed E-state index contributed by atoms with van der Waals surface area (Å²) in [4.78, 5) is 12.6. The number of carbonyl (C=O) groups is 1. The summed E-state index contributed by atoms with van der Waals surface area (Å²) < 4.78 is 23.3. The minimum atomic E-state index is -0.890. The van der Waals surface area contributed by atoms with Gasteiger partial charge in [-0.2, -0.15) is 0 Å². The quantitative estimate of drug-likeness (QED) is 0.734. The van der Waals surface area contributed by atoms with Crippen LogP contribution in [0.15, 0.2) is 12.1 Å². The van der Waals surface area contributed by atoms with E-state index in [1.54, 1.807) is 26.2 Å². The van der Waals surface area contributed by atoms with E-state index < -0.39 is 24.3 Å². The largest absolute Gasteiger partial charge is 0.496 e. The summed E-state index contributed by atoms with van der Waals surface area (Å²) in [6.07, 6.45) is 0. The Balaban J connectivity index is 2.36. The van der Waals surface area contributed by atoms with Gasteiger partial charge in [-0.25, -0.2) is 0 Å². The van der Waals surface area contributed by atoms with E-state index in [0.717, 1.165) is 11.0 Å². The number of nitrogens with zero attached hydrogens (tertiary/aromatic N) is 1. The Kier molecular flexibility index (Phi) is 5.90. The number of rotatable bonds is 7. The summed E-state index contributed by atoms with van der Waals surface area (Å²) in [5, 5.41) is 8.96. The number of hydrogen-bond donors (Lipinski definition) is 1. The zero-order chi connectivity index (χ0) is 19.7. The topological polar surface area (TPSA) is 77.5 Å². The molecule has 8 heteroatoms. The maximum Gasteiger partial charge on any atom is 0.495 e. The molecule has 144 valence electrons. The lowest BCUT2D eigenvalue weighted by molar-refractivity contribution is -0.138.